The van der Waals surface area contributed by atoms with Crippen LogP contribution in [0, 0.1) is 5.82 Å². The van der Waals surface area contributed by atoms with Gasteiger partial charge in [-0.25, -0.2) is 4.39 Å². The second-order valence-electron chi connectivity index (χ2n) is 4.36. The fourth-order valence-electron chi connectivity index (χ4n) is 1.58. The summed E-state index contributed by atoms with van der Waals surface area (Å²) in [5, 5.41) is 3.57. The standard InChI is InChI=1S/C13H17ClFNO/c14-12-6-5-11(9-13(12)15)17-8-2-1-7-16-10-3-4-10/h5-6,9-10,16H,1-4,7-8H2. The van der Waals surface area contributed by atoms with Crippen LogP contribution < -0.4 is 10.1 Å². The fourth-order valence-corrected chi connectivity index (χ4v) is 1.69. The van der Waals surface area contributed by atoms with Crippen LogP contribution in [0.2, 0.25) is 5.02 Å². The molecule has 1 saturated carbocycles. The van der Waals surface area contributed by atoms with Crippen molar-refractivity contribution in [3.05, 3.63) is 29.0 Å². The molecule has 0 heterocycles. The Kier molecular flexibility index (Phi) is 4.63. The van der Waals surface area contributed by atoms with E-state index in [9.17, 15) is 4.39 Å². The Labute approximate surface area is 106 Å². The second-order valence-corrected chi connectivity index (χ2v) is 4.77. The van der Waals surface area contributed by atoms with E-state index in [4.69, 9.17) is 16.3 Å². The average molecular weight is 258 g/mol. The van der Waals surface area contributed by atoms with Crippen LogP contribution in [0.25, 0.3) is 0 Å². The van der Waals surface area contributed by atoms with E-state index in [-0.39, 0.29) is 5.02 Å². The summed E-state index contributed by atoms with van der Waals surface area (Å²) in [4.78, 5) is 0. The zero-order chi connectivity index (χ0) is 12.1. The molecule has 0 aromatic heterocycles. The van der Waals surface area contributed by atoms with Gasteiger partial charge in [0.2, 0.25) is 0 Å². The van der Waals surface area contributed by atoms with Crippen LogP contribution in [0.4, 0.5) is 4.39 Å². The van der Waals surface area contributed by atoms with Gasteiger partial charge in [-0.2, -0.15) is 0 Å². The number of ether oxygens (including phenoxy) is 1. The number of rotatable bonds is 7. The van der Waals surface area contributed by atoms with Gasteiger partial charge < -0.3 is 10.1 Å². The summed E-state index contributed by atoms with van der Waals surface area (Å²) in [5.41, 5.74) is 0. The minimum Gasteiger partial charge on any atom is -0.493 e. The molecule has 0 bridgehead atoms. The van der Waals surface area contributed by atoms with E-state index in [0.717, 1.165) is 25.4 Å². The summed E-state index contributed by atoms with van der Waals surface area (Å²) >= 11 is 5.58. The third-order valence-electron chi connectivity index (χ3n) is 2.74. The highest BCUT2D eigenvalue weighted by Gasteiger charge is 2.19. The van der Waals surface area contributed by atoms with Crippen LogP contribution in [0.1, 0.15) is 25.7 Å². The average Bonchev–Trinajstić information content (AvgIpc) is 3.12. The molecule has 2 nitrogen and oxygen atoms in total. The van der Waals surface area contributed by atoms with Gasteiger partial charge in [0.1, 0.15) is 11.6 Å². The van der Waals surface area contributed by atoms with Gasteiger partial charge >= 0.3 is 0 Å². The van der Waals surface area contributed by atoms with Gasteiger partial charge in [0.25, 0.3) is 0 Å². The maximum atomic E-state index is 13.1. The molecular formula is C13H17ClFNO. The first-order valence-corrected chi connectivity index (χ1v) is 6.45. The molecule has 4 heteroatoms. The number of nitrogens with one attached hydrogen (secondary N) is 1. The smallest absolute Gasteiger partial charge is 0.145 e. The molecule has 1 aromatic carbocycles. The predicted octanol–water partition coefficient (Wildman–Crippen LogP) is 3.39. The molecule has 0 radical (unpaired) electrons. The SMILES string of the molecule is Fc1cc(OCCCCNC2CC2)ccc1Cl. The summed E-state index contributed by atoms with van der Waals surface area (Å²) in [6, 6.07) is 5.29. The second kappa shape index (κ2) is 6.22. The van der Waals surface area contributed by atoms with Crippen LogP contribution in [0.5, 0.6) is 5.75 Å². The molecule has 0 spiro atoms. The molecular weight excluding hydrogens is 241 g/mol. The summed E-state index contributed by atoms with van der Waals surface area (Å²) < 4.78 is 18.5. The monoisotopic (exact) mass is 257 g/mol. The van der Waals surface area contributed by atoms with E-state index in [1.807, 2.05) is 0 Å². The van der Waals surface area contributed by atoms with E-state index in [1.54, 1.807) is 6.07 Å². The van der Waals surface area contributed by atoms with Crippen LogP contribution in [-0.4, -0.2) is 19.2 Å². The van der Waals surface area contributed by atoms with Crippen molar-refractivity contribution >= 4 is 11.6 Å². The molecule has 1 aliphatic carbocycles. The highest BCUT2D eigenvalue weighted by atomic mass is 35.5. The molecule has 0 aliphatic heterocycles. The highest BCUT2D eigenvalue weighted by Crippen LogP contribution is 2.20. The van der Waals surface area contributed by atoms with Crippen molar-refractivity contribution in [2.24, 2.45) is 0 Å². The lowest BCUT2D eigenvalue weighted by atomic mass is 10.3. The van der Waals surface area contributed by atoms with Crippen LogP contribution in [0.15, 0.2) is 18.2 Å². The Morgan fingerprint density at radius 2 is 2.18 bits per heavy atom. The minimum atomic E-state index is -0.431. The molecule has 1 aliphatic rings. The zero-order valence-electron chi connectivity index (χ0n) is 9.72. The number of benzene rings is 1. The predicted molar refractivity (Wildman–Crippen MR) is 67.2 cm³/mol. The van der Waals surface area contributed by atoms with Crippen molar-refractivity contribution in [2.75, 3.05) is 13.2 Å². The van der Waals surface area contributed by atoms with Crippen molar-refractivity contribution in [3.63, 3.8) is 0 Å². The van der Waals surface area contributed by atoms with E-state index < -0.39 is 5.82 Å². The van der Waals surface area contributed by atoms with Crippen molar-refractivity contribution in [2.45, 2.75) is 31.7 Å². The topological polar surface area (TPSA) is 21.3 Å². The first-order valence-electron chi connectivity index (χ1n) is 6.07. The van der Waals surface area contributed by atoms with E-state index in [1.165, 1.54) is 25.0 Å². The first-order chi connectivity index (χ1) is 8.25. The Morgan fingerprint density at radius 3 is 2.88 bits per heavy atom. The Bertz CT molecular complexity index is 368. The number of hydrogen-bond donors (Lipinski definition) is 1. The maximum absolute atomic E-state index is 13.1. The molecule has 1 aromatic rings. The third-order valence-corrected chi connectivity index (χ3v) is 3.05. The Balaban J connectivity index is 1.58. The van der Waals surface area contributed by atoms with E-state index >= 15 is 0 Å². The van der Waals surface area contributed by atoms with Crippen LogP contribution >= 0.6 is 11.6 Å². The van der Waals surface area contributed by atoms with Crippen LogP contribution in [0.3, 0.4) is 0 Å². The van der Waals surface area contributed by atoms with Gasteiger partial charge in [0, 0.05) is 12.1 Å². The summed E-state index contributed by atoms with van der Waals surface area (Å²) in [5.74, 6) is 0.113. The van der Waals surface area contributed by atoms with Crippen LogP contribution in [-0.2, 0) is 0 Å². The van der Waals surface area contributed by atoms with Gasteiger partial charge in [-0.1, -0.05) is 11.6 Å². The van der Waals surface area contributed by atoms with Crippen molar-refractivity contribution < 1.29 is 9.13 Å². The molecule has 94 valence electrons. The molecule has 0 unspecified atom stereocenters. The van der Waals surface area contributed by atoms with Gasteiger partial charge in [0.05, 0.1) is 11.6 Å². The molecule has 0 saturated heterocycles. The largest absolute Gasteiger partial charge is 0.493 e. The van der Waals surface area contributed by atoms with E-state index in [2.05, 4.69) is 5.32 Å². The molecule has 1 fully saturated rings. The van der Waals surface area contributed by atoms with Gasteiger partial charge in [-0.3, -0.25) is 0 Å². The number of halogens is 2. The van der Waals surface area contributed by atoms with Gasteiger partial charge in [-0.05, 0) is 44.4 Å². The first kappa shape index (κ1) is 12.7. The van der Waals surface area contributed by atoms with Crippen molar-refractivity contribution in [1.82, 2.24) is 5.32 Å². The van der Waals surface area contributed by atoms with E-state index in [0.29, 0.717) is 12.4 Å². The normalized spacial score (nSPS) is 14.9. The Hall–Kier alpha value is -0.800. The third kappa shape index (κ3) is 4.52. The minimum absolute atomic E-state index is 0.131. The molecule has 0 atom stereocenters. The summed E-state index contributed by atoms with van der Waals surface area (Å²) in [6.45, 7) is 1.66. The Morgan fingerprint density at radius 1 is 1.35 bits per heavy atom. The quantitative estimate of drug-likeness (QED) is 0.756. The lowest BCUT2D eigenvalue weighted by Crippen LogP contribution is -2.17. The molecule has 17 heavy (non-hydrogen) atoms. The lowest BCUT2D eigenvalue weighted by molar-refractivity contribution is 0.304. The van der Waals surface area contributed by atoms with Crippen molar-refractivity contribution in [3.8, 4) is 5.75 Å². The van der Waals surface area contributed by atoms with Gasteiger partial charge in [-0.15, -0.1) is 0 Å². The summed E-state index contributed by atoms with van der Waals surface area (Å²) in [7, 11) is 0. The van der Waals surface area contributed by atoms with Gasteiger partial charge in [0.15, 0.2) is 0 Å². The summed E-state index contributed by atoms with van der Waals surface area (Å²) in [6.07, 6.45) is 4.71. The van der Waals surface area contributed by atoms with Crippen molar-refractivity contribution in [1.29, 1.82) is 0 Å². The molecule has 1 N–H and O–H groups in total. The molecule has 0 amide bonds. The fraction of sp³-hybridized carbons (Fsp3) is 0.538. The molecule has 2 rings (SSSR count). The highest BCUT2D eigenvalue weighted by molar-refractivity contribution is 6.30. The number of unbranched alkanes of at least 4 members (excludes halogenated alkanes) is 1. The number of hydrogen-bond acceptors (Lipinski definition) is 2. The lowest BCUT2D eigenvalue weighted by Gasteiger charge is -2.07. The maximum Gasteiger partial charge on any atom is 0.145 e. The zero-order valence-corrected chi connectivity index (χ0v) is 10.5.